The van der Waals surface area contributed by atoms with Crippen LogP contribution in [0.2, 0.25) is 0 Å². The number of carbonyl (C=O) groups excluding carboxylic acids is 2. The van der Waals surface area contributed by atoms with Crippen LogP contribution < -0.4 is 14.9 Å². The monoisotopic (exact) mass is 381 g/mol. The second kappa shape index (κ2) is 6.88. The van der Waals surface area contributed by atoms with Crippen LogP contribution in [-0.4, -0.2) is 51.3 Å². The number of sulfonamides is 1. The molecule has 9 heteroatoms. The van der Waals surface area contributed by atoms with Crippen molar-refractivity contribution >= 4 is 33.2 Å². The molecule has 0 bridgehead atoms. The van der Waals surface area contributed by atoms with Crippen LogP contribution in [-0.2, 0) is 26.0 Å². The van der Waals surface area contributed by atoms with Crippen molar-refractivity contribution in [1.82, 2.24) is 5.32 Å². The minimum Gasteiger partial charge on any atom is -0.396 e. The van der Waals surface area contributed by atoms with Gasteiger partial charge < -0.3 is 15.7 Å². The van der Waals surface area contributed by atoms with Gasteiger partial charge in [0, 0.05) is 24.2 Å². The standard InChI is InChI=1S/C17H23N3O5S/c1-26(24,25)20-8-2-3-12-4-5-13(9-14(12)20)19-16(23)15(22)18-10-17(11-21)6-7-17/h4-5,9,21H,2-3,6-8,10-11H2,1H3,(H,18,22)(H,19,23). The number of aliphatic hydroxyl groups excluding tert-OH is 1. The van der Waals surface area contributed by atoms with Crippen LogP contribution in [0.5, 0.6) is 0 Å². The van der Waals surface area contributed by atoms with Crippen LogP contribution in [0.25, 0.3) is 0 Å². The number of amides is 2. The number of rotatable bonds is 5. The lowest BCUT2D eigenvalue weighted by Gasteiger charge is -2.29. The number of aliphatic hydroxyl groups is 1. The van der Waals surface area contributed by atoms with E-state index in [1.165, 1.54) is 4.31 Å². The van der Waals surface area contributed by atoms with E-state index in [1.54, 1.807) is 18.2 Å². The molecule has 0 unspecified atom stereocenters. The van der Waals surface area contributed by atoms with Gasteiger partial charge in [-0.3, -0.25) is 13.9 Å². The Morgan fingerprint density at radius 3 is 2.62 bits per heavy atom. The number of aryl methyl sites for hydroxylation is 1. The van der Waals surface area contributed by atoms with Gasteiger partial charge in [-0.15, -0.1) is 0 Å². The Kier molecular flexibility index (Phi) is 4.94. The maximum Gasteiger partial charge on any atom is 0.313 e. The van der Waals surface area contributed by atoms with E-state index in [0.29, 0.717) is 17.9 Å². The smallest absolute Gasteiger partial charge is 0.313 e. The fourth-order valence-corrected chi connectivity index (χ4v) is 4.05. The van der Waals surface area contributed by atoms with Gasteiger partial charge in [-0.05, 0) is 43.4 Å². The molecule has 1 aliphatic heterocycles. The Hall–Kier alpha value is -2.13. The van der Waals surface area contributed by atoms with E-state index in [2.05, 4.69) is 10.6 Å². The van der Waals surface area contributed by atoms with E-state index in [-0.39, 0.29) is 18.6 Å². The molecule has 2 amide bonds. The van der Waals surface area contributed by atoms with E-state index in [9.17, 15) is 23.1 Å². The second-order valence-electron chi connectivity index (χ2n) is 7.08. The van der Waals surface area contributed by atoms with Gasteiger partial charge in [0.05, 0.1) is 18.6 Å². The Morgan fingerprint density at radius 1 is 1.27 bits per heavy atom. The fraction of sp³-hybridized carbons (Fsp3) is 0.529. The number of anilines is 2. The molecule has 0 aromatic heterocycles. The highest BCUT2D eigenvalue weighted by molar-refractivity contribution is 7.92. The molecule has 0 spiro atoms. The SMILES string of the molecule is CS(=O)(=O)N1CCCc2ccc(NC(=O)C(=O)NCC3(CO)CC3)cc21. The number of benzene rings is 1. The molecule has 1 fully saturated rings. The summed E-state index contributed by atoms with van der Waals surface area (Å²) in [5.41, 5.74) is 1.51. The fourth-order valence-electron chi connectivity index (χ4n) is 3.07. The van der Waals surface area contributed by atoms with Gasteiger partial charge in [-0.2, -0.15) is 0 Å². The molecule has 0 saturated heterocycles. The second-order valence-corrected chi connectivity index (χ2v) is 8.98. The molecule has 1 aromatic rings. The Morgan fingerprint density at radius 2 is 2.00 bits per heavy atom. The van der Waals surface area contributed by atoms with Crippen molar-refractivity contribution < 1.29 is 23.1 Å². The van der Waals surface area contributed by atoms with Crippen molar-refractivity contribution in [2.24, 2.45) is 5.41 Å². The number of fused-ring (bicyclic) bond motifs is 1. The van der Waals surface area contributed by atoms with E-state index < -0.39 is 21.8 Å². The molecule has 26 heavy (non-hydrogen) atoms. The van der Waals surface area contributed by atoms with Crippen LogP contribution in [0.1, 0.15) is 24.8 Å². The van der Waals surface area contributed by atoms with Crippen LogP contribution in [0.15, 0.2) is 18.2 Å². The third-order valence-corrected chi connectivity index (χ3v) is 6.12. The third-order valence-electron chi connectivity index (χ3n) is 4.94. The molecular weight excluding hydrogens is 358 g/mol. The summed E-state index contributed by atoms with van der Waals surface area (Å²) in [4.78, 5) is 24.0. The molecule has 1 aromatic carbocycles. The molecule has 2 aliphatic rings. The average molecular weight is 381 g/mol. The summed E-state index contributed by atoms with van der Waals surface area (Å²) < 4.78 is 25.2. The summed E-state index contributed by atoms with van der Waals surface area (Å²) >= 11 is 0. The van der Waals surface area contributed by atoms with Crippen LogP contribution in [0, 0.1) is 5.41 Å². The molecule has 1 aliphatic carbocycles. The predicted octanol–water partition coefficient (Wildman–Crippen LogP) is 0.226. The lowest BCUT2D eigenvalue weighted by molar-refractivity contribution is -0.136. The van der Waals surface area contributed by atoms with Crippen LogP contribution in [0.3, 0.4) is 0 Å². The van der Waals surface area contributed by atoms with Gasteiger partial charge in [-0.1, -0.05) is 6.07 Å². The molecule has 3 N–H and O–H groups in total. The maximum absolute atomic E-state index is 12.1. The number of hydrogen-bond acceptors (Lipinski definition) is 5. The van der Waals surface area contributed by atoms with Crippen molar-refractivity contribution in [2.75, 3.05) is 35.6 Å². The van der Waals surface area contributed by atoms with Crippen molar-refractivity contribution in [3.05, 3.63) is 23.8 Å². The largest absolute Gasteiger partial charge is 0.396 e. The molecule has 0 atom stereocenters. The lowest BCUT2D eigenvalue weighted by atomic mass is 10.0. The van der Waals surface area contributed by atoms with Gasteiger partial charge >= 0.3 is 11.8 Å². The van der Waals surface area contributed by atoms with Gasteiger partial charge in [-0.25, -0.2) is 8.42 Å². The summed E-state index contributed by atoms with van der Waals surface area (Å²) in [6.07, 6.45) is 4.31. The van der Waals surface area contributed by atoms with Gasteiger partial charge in [0.1, 0.15) is 0 Å². The molecular formula is C17H23N3O5S. The highest BCUT2D eigenvalue weighted by Crippen LogP contribution is 2.44. The quantitative estimate of drug-likeness (QED) is 0.631. The molecule has 0 radical (unpaired) electrons. The summed E-state index contributed by atoms with van der Waals surface area (Å²) in [6, 6.07) is 5.01. The van der Waals surface area contributed by atoms with Crippen molar-refractivity contribution in [3.8, 4) is 0 Å². The Bertz CT molecular complexity index is 833. The van der Waals surface area contributed by atoms with E-state index >= 15 is 0 Å². The highest BCUT2D eigenvalue weighted by atomic mass is 32.2. The molecule has 142 valence electrons. The first-order valence-electron chi connectivity index (χ1n) is 8.55. The zero-order valence-corrected chi connectivity index (χ0v) is 15.4. The minimum absolute atomic E-state index is 0.0128. The topological polar surface area (TPSA) is 116 Å². The molecule has 8 nitrogen and oxygen atoms in total. The third kappa shape index (κ3) is 3.99. The Labute approximate surface area is 152 Å². The number of carbonyl (C=O) groups is 2. The number of nitrogens with zero attached hydrogens (tertiary/aromatic N) is 1. The van der Waals surface area contributed by atoms with Crippen LogP contribution in [0.4, 0.5) is 11.4 Å². The summed E-state index contributed by atoms with van der Waals surface area (Å²) in [7, 11) is -3.40. The first-order chi connectivity index (χ1) is 12.2. The van der Waals surface area contributed by atoms with Crippen molar-refractivity contribution in [1.29, 1.82) is 0 Å². The summed E-state index contributed by atoms with van der Waals surface area (Å²) in [6.45, 7) is 0.649. The van der Waals surface area contributed by atoms with Crippen molar-refractivity contribution in [3.63, 3.8) is 0 Å². The number of nitrogens with one attached hydrogen (secondary N) is 2. The first kappa shape index (κ1) is 18.7. The predicted molar refractivity (Wildman–Crippen MR) is 97.3 cm³/mol. The average Bonchev–Trinajstić information content (AvgIpc) is 3.38. The lowest BCUT2D eigenvalue weighted by Crippen LogP contribution is -2.39. The zero-order valence-electron chi connectivity index (χ0n) is 14.6. The number of hydrogen-bond donors (Lipinski definition) is 3. The molecule has 1 saturated carbocycles. The maximum atomic E-state index is 12.1. The summed E-state index contributed by atoms with van der Waals surface area (Å²) in [5.74, 6) is -1.59. The van der Waals surface area contributed by atoms with Gasteiger partial charge in [0.15, 0.2) is 0 Å². The van der Waals surface area contributed by atoms with E-state index in [4.69, 9.17) is 0 Å². The normalized spacial score (nSPS) is 18.0. The van der Waals surface area contributed by atoms with E-state index in [1.807, 2.05) is 0 Å². The molecule has 1 heterocycles. The first-order valence-corrected chi connectivity index (χ1v) is 10.4. The van der Waals surface area contributed by atoms with Crippen molar-refractivity contribution in [2.45, 2.75) is 25.7 Å². The van der Waals surface area contributed by atoms with Crippen LogP contribution >= 0.6 is 0 Å². The van der Waals surface area contributed by atoms with E-state index in [0.717, 1.165) is 37.5 Å². The Balaban J connectivity index is 1.68. The summed E-state index contributed by atoms with van der Waals surface area (Å²) in [5, 5.41) is 14.3. The highest BCUT2D eigenvalue weighted by Gasteiger charge is 2.42. The minimum atomic E-state index is -3.40. The zero-order chi connectivity index (χ0) is 18.9. The van der Waals surface area contributed by atoms with Gasteiger partial charge in [0.2, 0.25) is 10.0 Å². The van der Waals surface area contributed by atoms with Gasteiger partial charge in [0.25, 0.3) is 0 Å². The molecule has 3 rings (SSSR count).